The minimum Gasteiger partial charge on any atom is -0.298 e. The molecule has 74 valence electrons. The summed E-state index contributed by atoms with van der Waals surface area (Å²) in [5, 5.41) is 2.85. The minimum atomic E-state index is -0.213. The highest BCUT2D eigenvalue weighted by molar-refractivity contribution is 6.00. The van der Waals surface area contributed by atoms with Crippen LogP contribution >= 0.6 is 0 Å². The Morgan fingerprint density at radius 2 is 2.23 bits per heavy atom. The molecular weight excluding hydrogens is 168 g/mol. The number of carbonyl (C=O) groups excluding carboxylic acids is 2. The molecule has 1 unspecified atom stereocenters. The van der Waals surface area contributed by atoms with E-state index in [2.05, 4.69) is 5.32 Å². The van der Waals surface area contributed by atoms with Crippen molar-refractivity contribution in [1.82, 2.24) is 10.2 Å². The van der Waals surface area contributed by atoms with Crippen molar-refractivity contribution in [2.45, 2.75) is 32.7 Å². The Kier molecular flexibility index (Phi) is 3.42. The third kappa shape index (κ3) is 2.28. The van der Waals surface area contributed by atoms with Gasteiger partial charge in [0.2, 0.25) is 11.8 Å². The van der Waals surface area contributed by atoms with Crippen molar-refractivity contribution in [2.75, 3.05) is 13.1 Å². The molecule has 1 heterocycles. The molecule has 4 nitrogen and oxygen atoms in total. The lowest BCUT2D eigenvalue weighted by Crippen LogP contribution is -2.57. The van der Waals surface area contributed by atoms with E-state index in [4.69, 9.17) is 0 Å². The van der Waals surface area contributed by atoms with Gasteiger partial charge in [0.1, 0.15) is 0 Å². The Morgan fingerprint density at radius 3 is 2.85 bits per heavy atom. The van der Waals surface area contributed by atoms with Gasteiger partial charge in [0.15, 0.2) is 0 Å². The summed E-state index contributed by atoms with van der Waals surface area (Å²) in [4.78, 5) is 24.1. The van der Waals surface area contributed by atoms with Gasteiger partial charge in [-0.05, 0) is 13.3 Å². The second kappa shape index (κ2) is 4.37. The van der Waals surface area contributed by atoms with Crippen LogP contribution in [0.25, 0.3) is 0 Å². The fourth-order valence-electron chi connectivity index (χ4n) is 1.33. The van der Waals surface area contributed by atoms with Gasteiger partial charge in [0.25, 0.3) is 0 Å². The van der Waals surface area contributed by atoms with Gasteiger partial charge in [-0.1, -0.05) is 13.3 Å². The topological polar surface area (TPSA) is 49.4 Å². The predicted octanol–water partition coefficient (Wildman–Crippen LogP) is 0.133. The first kappa shape index (κ1) is 10.2. The number of carbonyl (C=O) groups is 2. The second-order valence-corrected chi connectivity index (χ2v) is 3.34. The first-order valence-electron chi connectivity index (χ1n) is 4.74. The van der Waals surface area contributed by atoms with Crippen molar-refractivity contribution in [1.29, 1.82) is 0 Å². The molecule has 1 aliphatic heterocycles. The van der Waals surface area contributed by atoms with E-state index in [0.717, 1.165) is 12.8 Å². The van der Waals surface area contributed by atoms with Gasteiger partial charge in [-0.25, -0.2) is 0 Å². The van der Waals surface area contributed by atoms with Crippen LogP contribution in [0.1, 0.15) is 26.7 Å². The minimum absolute atomic E-state index is 0.0929. The van der Waals surface area contributed by atoms with Gasteiger partial charge in [-0.3, -0.25) is 19.8 Å². The van der Waals surface area contributed by atoms with E-state index in [1.807, 2.05) is 6.92 Å². The van der Waals surface area contributed by atoms with E-state index in [-0.39, 0.29) is 24.4 Å². The van der Waals surface area contributed by atoms with Gasteiger partial charge in [0, 0.05) is 6.54 Å². The summed E-state index contributed by atoms with van der Waals surface area (Å²) in [6.07, 6.45) is 1.89. The van der Waals surface area contributed by atoms with E-state index in [1.165, 1.54) is 4.90 Å². The molecule has 0 aromatic rings. The van der Waals surface area contributed by atoms with Gasteiger partial charge in [0.05, 0.1) is 12.6 Å². The molecule has 1 N–H and O–H groups in total. The summed E-state index contributed by atoms with van der Waals surface area (Å²) in [6, 6.07) is -0.213. The zero-order valence-corrected chi connectivity index (χ0v) is 8.17. The van der Waals surface area contributed by atoms with Crippen LogP contribution in [0, 0.1) is 0 Å². The molecular formula is C9H16N2O2. The van der Waals surface area contributed by atoms with E-state index >= 15 is 0 Å². The number of nitrogens with zero attached hydrogens (tertiary/aromatic N) is 1. The van der Waals surface area contributed by atoms with Crippen LogP contribution in [-0.2, 0) is 9.59 Å². The lowest BCUT2D eigenvalue weighted by Gasteiger charge is -2.29. The fraction of sp³-hybridized carbons (Fsp3) is 0.778. The first-order valence-corrected chi connectivity index (χ1v) is 4.74. The zero-order valence-electron chi connectivity index (χ0n) is 8.17. The number of hydrogen-bond donors (Lipinski definition) is 1. The summed E-state index contributed by atoms with van der Waals surface area (Å²) < 4.78 is 0. The van der Waals surface area contributed by atoms with Crippen LogP contribution < -0.4 is 5.32 Å². The number of rotatable bonds is 3. The molecule has 1 saturated heterocycles. The molecule has 1 aliphatic rings. The summed E-state index contributed by atoms with van der Waals surface area (Å²) in [5.41, 5.74) is 0. The third-order valence-corrected chi connectivity index (χ3v) is 2.23. The Labute approximate surface area is 78.3 Å². The first-order chi connectivity index (χ1) is 6.16. The van der Waals surface area contributed by atoms with Crippen molar-refractivity contribution in [3.05, 3.63) is 0 Å². The van der Waals surface area contributed by atoms with E-state index < -0.39 is 0 Å². The Hall–Kier alpha value is -0.900. The summed E-state index contributed by atoms with van der Waals surface area (Å²) >= 11 is 0. The Balaban J connectivity index is 2.56. The molecule has 13 heavy (non-hydrogen) atoms. The lowest BCUT2D eigenvalue weighted by molar-refractivity contribution is -0.148. The second-order valence-electron chi connectivity index (χ2n) is 3.34. The SMILES string of the molecule is CCCCN1C(=O)CNC(C)C1=O. The van der Waals surface area contributed by atoms with E-state index in [0.29, 0.717) is 6.54 Å². The van der Waals surface area contributed by atoms with Crippen LogP contribution in [0.5, 0.6) is 0 Å². The molecule has 2 amide bonds. The quantitative estimate of drug-likeness (QED) is 0.634. The van der Waals surface area contributed by atoms with Crippen molar-refractivity contribution in [2.24, 2.45) is 0 Å². The highest BCUT2D eigenvalue weighted by atomic mass is 16.2. The van der Waals surface area contributed by atoms with E-state index in [9.17, 15) is 9.59 Å². The van der Waals surface area contributed by atoms with Crippen molar-refractivity contribution in [3.63, 3.8) is 0 Å². The number of amides is 2. The molecule has 1 fully saturated rings. The highest BCUT2D eigenvalue weighted by Gasteiger charge is 2.30. The standard InChI is InChI=1S/C9H16N2O2/c1-3-4-5-11-8(12)6-10-7(2)9(11)13/h7,10H,3-6H2,1-2H3. The average Bonchev–Trinajstić information content (AvgIpc) is 2.12. The highest BCUT2D eigenvalue weighted by Crippen LogP contribution is 2.04. The number of nitrogens with one attached hydrogen (secondary N) is 1. The molecule has 0 saturated carbocycles. The maximum Gasteiger partial charge on any atom is 0.246 e. The Bertz CT molecular complexity index is 216. The zero-order chi connectivity index (χ0) is 9.84. The van der Waals surface area contributed by atoms with Crippen LogP contribution in [0.15, 0.2) is 0 Å². The van der Waals surface area contributed by atoms with Crippen LogP contribution in [0.3, 0.4) is 0 Å². The van der Waals surface area contributed by atoms with E-state index in [1.54, 1.807) is 6.92 Å². The maximum atomic E-state index is 11.5. The van der Waals surface area contributed by atoms with Crippen molar-refractivity contribution < 1.29 is 9.59 Å². The third-order valence-electron chi connectivity index (χ3n) is 2.23. The molecule has 0 aliphatic carbocycles. The largest absolute Gasteiger partial charge is 0.298 e. The predicted molar refractivity (Wildman–Crippen MR) is 49.1 cm³/mol. The molecule has 4 heteroatoms. The molecule has 0 aromatic carbocycles. The monoisotopic (exact) mass is 184 g/mol. The number of unbranched alkanes of at least 4 members (excludes halogenated alkanes) is 1. The fourth-order valence-corrected chi connectivity index (χ4v) is 1.33. The molecule has 0 radical (unpaired) electrons. The molecule has 1 rings (SSSR count). The van der Waals surface area contributed by atoms with Crippen LogP contribution in [-0.4, -0.2) is 35.8 Å². The number of hydrogen-bond acceptors (Lipinski definition) is 3. The molecule has 0 spiro atoms. The summed E-state index contributed by atoms with van der Waals surface area (Å²) in [5.74, 6) is -0.193. The van der Waals surface area contributed by atoms with Crippen LogP contribution in [0.4, 0.5) is 0 Å². The summed E-state index contributed by atoms with van der Waals surface area (Å²) in [6.45, 7) is 4.69. The molecule has 0 aromatic heterocycles. The van der Waals surface area contributed by atoms with Gasteiger partial charge in [-0.2, -0.15) is 0 Å². The normalized spacial score (nSPS) is 23.8. The van der Waals surface area contributed by atoms with Crippen molar-refractivity contribution >= 4 is 11.8 Å². The van der Waals surface area contributed by atoms with Gasteiger partial charge in [-0.15, -0.1) is 0 Å². The summed E-state index contributed by atoms with van der Waals surface area (Å²) in [7, 11) is 0. The Morgan fingerprint density at radius 1 is 1.54 bits per heavy atom. The number of imide groups is 1. The van der Waals surface area contributed by atoms with Gasteiger partial charge >= 0.3 is 0 Å². The maximum absolute atomic E-state index is 11.5. The average molecular weight is 184 g/mol. The van der Waals surface area contributed by atoms with Crippen LogP contribution in [0.2, 0.25) is 0 Å². The van der Waals surface area contributed by atoms with Crippen molar-refractivity contribution in [3.8, 4) is 0 Å². The smallest absolute Gasteiger partial charge is 0.246 e. The number of piperazine rings is 1. The molecule has 1 atom stereocenters. The molecule has 0 bridgehead atoms. The lowest BCUT2D eigenvalue weighted by atomic mass is 10.2. The van der Waals surface area contributed by atoms with Gasteiger partial charge < -0.3 is 0 Å².